The Labute approximate surface area is 116 Å². The maximum Gasteiger partial charge on any atom is 0.330 e. The Hall–Kier alpha value is -2.01. The SMILES string of the molecule is NC(=O)NCCCOC(=O)C=Cc1ccc(Cl)cc1. The molecular weight excluding hydrogens is 268 g/mol. The topological polar surface area (TPSA) is 81.4 Å². The molecule has 0 aliphatic carbocycles. The van der Waals surface area contributed by atoms with Crippen molar-refractivity contribution in [1.29, 1.82) is 0 Å². The lowest BCUT2D eigenvalue weighted by atomic mass is 10.2. The minimum absolute atomic E-state index is 0.226. The number of hydrogen-bond acceptors (Lipinski definition) is 3. The third kappa shape index (κ3) is 7.10. The van der Waals surface area contributed by atoms with Crippen LogP contribution in [0.5, 0.6) is 0 Å². The molecule has 0 saturated carbocycles. The molecule has 1 rings (SSSR count). The number of nitrogens with two attached hydrogens (primary N) is 1. The van der Waals surface area contributed by atoms with Gasteiger partial charge in [-0.1, -0.05) is 23.7 Å². The first-order valence-electron chi connectivity index (χ1n) is 5.71. The number of benzene rings is 1. The summed E-state index contributed by atoms with van der Waals surface area (Å²) in [6, 6.07) is 6.48. The van der Waals surface area contributed by atoms with Gasteiger partial charge in [0.25, 0.3) is 0 Å². The van der Waals surface area contributed by atoms with E-state index in [1.54, 1.807) is 30.3 Å². The number of carbonyl (C=O) groups is 2. The third-order valence-corrected chi connectivity index (χ3v) is 2.40. The lowest BCUT2D eigenvalue weighted by Gasteiger charge is -2.02. The van der Waals surface area contributed by atoms with Crippen molar-refractivity contribution in [3.05, 3.63) is 40.9 Å². The molecule has 0 unspecified atom stereocenters. The van der Waals surface area contributed by atoms with Crippen LogP contribution in [0.25, 0.3) is 6.08 Å². The van der Waals surface area contributed by atoms with Crippen LogP contribution < -0.4 is 11.1 Å². The van der Waals surface area contributed by atoms with Crippen LogP contribution in [0, 0.1) is 0 Å². The molecule has 0 bridgehead atoms. The van der Waals surface area contributed by atoms with Crippen LogP contribution in [0.3, 0.4) is 0 Å². The van der Waals surface area contributed by atoms with Crippen LogP contribution in [-0.4, -0.2) is 25.2 Å². The van der Waals surface area contributed by atoms with E-state index in [1.165, 1.54) is 6.08 Å². The third-order valence-electron chi connectivity index (χ3n) is 2.15. The molecule has 102 valence electrons. The van der Waals surface area contributed by atoms with Crippen molar-refractivity contribution in [2.45, 2.75) is 6.42 Å². The van der Waals surface area contributed by atoms with E-state index in [1.807, 2.05) is 0 Å². The summed E-state index contributed by atoms with van der Waals surface area (Å²) >= 11 is 5.74. The summed E-state index contributed by atoms with van der Waals surface area (Å²) in [5.41, 5.74) is 5.74. The first-order valence-corrected chi connectivity index (χ1v) is 6.09. The Bertz CT molecular complexity index is 457. The highest BCUT2D eigenvalue weighted by molar-refractivity contribution is 6.30. The molecule has 0 heterocycles. The molecule has 0 aliphatic heterocycles. The van der Waals surface area contributed by atoms with E-state index < -0.39 is 12.0 Å². The monoisotopic (exact) mass is 282 g/mol. The Balaban J connectivity index is 2.23. The zero-order valence-electron chi connectivity index (χ0n) is 10.3. The number of ether oxygens (including phenoxy) is 1. The molecule has 0 aliphatic rings. The molecule has 5 nitrogen and oxygen atoms in total. The van der Waals surface area contributed by atoms with Crippen LogP contribution in [0.1, 0.15) is 12.0 Å². The highest BCUT2D eigenvalue weighted by atomic mass is 35.5. The average Bonchev–Trinajstić information content (AvgIpc) is 2.37. The molecule has 0 aromatic heterocycles. The average molecular weight is 283 g/mol. The predicted molar refractivity (Wildman–Crippen MR) is 73.6 cm³/mol. The lowest BCUT2D eigenvalue weighted by Crippen LogP contribution is -2.30. The van der Waals surface area contributed by atoms with Crippen LogP contribution in [0.4, 0.5) is 4.79 Å². The minimum atomic E-state index is -0.589. The van der Waals surface area contributed by atoms with Gasteiger partial charge >= 0.3 is 12.0 Å². The number of primary amides is 1. The van der Waals surface area contributed by atoms with Gasteiger partial charge in [-0.05, 0) is 30.2 Å². The van der Waals surface area contributed by atoms with Crippen molar-refractivity contribution in [1.82, 2.24) is 5.32 Å². The summed E-state index contributed by atoms with van der Waals surface area (Å²) in [5, 5.41) is 3.04. The molecule has 0 atom stereocenters. The molecular formula is C13H15ClN2O3. The van der Waals surface area contributed by atoms with Gasteiger partial charge in [0.1, 0.15) is 0 Å². The van der Waals surface area contributed by atoms with Crippen molar-refractivity contribution in [3.8, 4) is 0 Å². The Morgan fingerprint density at radius 3 is 2.63 bits per heavy atom. The van der Waals surface area contributed by atoms with Gasteiger partial charge in [0.05, 0.1) is 6.61 Å². The number of hydrogen-bond donors (Lipinski definition) is 2. The van der Waals surface area contributed by atoms with E-state index >= 15 is 0 Å². The van der Waals surface area contributed by atoms with Crippen molar-refractivity contribution in [2.75, 3.05) is 13.2 Å². The van der Waals surface area contributed by atoms with Gasteiger partial charge < -0.3 is 15.8 Å². The smallest absolute Gasteiger partial charge is 0.330 e. The highest BCUT2D eigenvalue weighted by Crippen LogP contribution is 2.10. The second-order valence-electron chi connectivity index (χ2n) is 3.70. The number of nitrogens with one attached hydrogen (secondary N) is 1. The lowest BCUT2D eigenvalue weighted by molar-refractivity contribution is -0.137. The fourth-order valence-corrected chi connectivity index (χ4v) is 1.37. The molecule has 6 heteroatoms. The Morgan fingerprint density at radius 1 is 1.32 bits per heavy atom. The zero-order valence-corrected chi connectivity index (χ0v) is 11.0. The van der Waals surface area contributed by atoms with E-state index in [2.05, 4.69) is 5.32 Å². The van der Waals surface area contributed by atoms with E-state index in [0.29, 0.717) is 18.0 Å². The summed E-state index contributed by atoms with van der Waals surface area (Å²) in [6.45, 7) is 0.605. The van der Waals surface area contributed by atoms with Gasteiger partial charge in [-0.3, -0.25) is 0 Å². The normalized spacial score (nSPS) is 10.4. The van der Waals surface area contributed by atoms with Gasteiger partial charge in [0.15, 0.2) is 0 Å². The number of urea groups is 1. The summed E-state index contributed by atoms with van der Waals surface area (Å²) < 4.78 is 4.93. The number of rotatable bonds is 6. The van der Waals surface area contributed by atoms with Gasteiger partial charge in [-0.15, -0.1) is 0 Å². The summed E-state index contributed by atoms with van der Waals surface area (Å²) in [4.78, 5) is 21.7. The summed E-state index contributed by atoms with van der Waals surface area (Å²) in [6.07, 6.45) is 3.49. The molecule has 1 aromatic rings. The molecule has 0 saturated heterocycles. The minimum Gasteiger partial charge on any atom is -0.462 e. The van der Waals surface area contributed by atoms with E-state index in [4.69, 9.17) is 22.1 Å². The van der Waals surface area contributed by atoms with E-state index in [0.717, 1.165) is 5.56 Å². The standard InChI is InChI=1S/C13H15ClN2O3/c14-11-5-2-10(3-6-11)4-7-12(17)19-9-1-8-16-13(15)18/h2-7H,1,8-9H2,(H3,15,16,18). The molecule has 1 aromatic carbocycles. The second-order valence-corrected chi connectivity index (χ2v) is 4.13. The van der Waals surface area contributed by atoms with Gasteiger partial charge in [-0.25, -0.2) is 9.59 Å². The van der Waals surface area contributed by atoms with Crippen molar-refractivity contribution >= 4 is 29.7 Å². The molecule has 0 radical (unpaired) electrons. The molecule has 2 amide bonds. The number of amides is 2. The van der Waals surface area contributed by atoms with Gasteiger partial charge in [0, 0.05) is 17.6 Å². The number of esters is 1. The van der Waals surface area contributed by atoms with Crippen molar-refractivity contribution in [3.63, 3.8) is 0 Å². The number of halogens is 1. The van der Waals surface area contributed by atoms with Gasteiger partial charge in [-0.2, -0.15) is 0 Å². The predicted octanol–water partition coefficient (Wildman–Crippen LogP) is 1.95. The zero-order chi connectivity index (χ0) is 14.1. The van der Waals surface area contributed by atoms with Crippen molar-refractivity contribution < 1.29 is 14.3 Å². The first kappa shape index (κ1) is 15.0. The molecule has 3 N–H and O–H groups in total. The fourth-order valence-electron chi connectivity index (χ4n) is 1.24. The molecule has 19 heavy (non-hydrogen) atoms. The highest BCUT2D eigenvalue weighted by Gasteiger charge is 1.97. The maximum absolute atomic E-state index is 11.3. The fraction of sp³-hybridized carbons (Fsp3) is 0.231. The Morgan fingerprint density at radius 2 is 2.00 bits per heavy atom. The summed E-state index contributed by atoms with van der Waals surface area (Å²) in [7, 11) is 0. The van der Waals surface area contributed by atoms with E-state index in [9.17, 15) is 9.59 Å². The van der Waals surface area contributed by atoms with Gasteiger partial charge in [0.2, 0.25) is 0 Å². The largest absolute Gasteiger partial charge is 0.462 e. The molecule has 0 spiro atoms. The maximum atomic E-state index is 11.3. The quantitative estimate of drug-likeness (QED) is 0.475. The van der Waals surface area contributed by atoms with Crippen LogP contribution in [0.15, 0.2) is 30.3 Å². The van der Waals surface area contributed by atoms with Crippen LogP contribution in [0.2, 0.25) is 5.02 Å². The van der Waals surface area contributed by atoms with Crippen LogP contribution in [-0.2, 0) is 9.53 Å². The molecule has 0 fully saturated rings. The second kappa shape index (κ2) is 8.16. The summed E-state index contributed by atoms with van der Waals surface area (Å²) in [5.74, 6) is -0.436. The first-order chi connectivity index (χ1) is 9.08. The number of carbonyl (C=O) groups excluding carboxylic acids is 2. The van der Waals surface area contributed by atoms with Crippen LogP contribution >= 0.6 is 11.6 Å². The Kier molecular flexibility index (Phi) is 6.46. The van der Waals surface area contributed by atoms with Crippen molar-refractivity contribution in [2.24, 2.45) is 5.73 Å². The van der Waals surface area contributed by atoms with E-state index in [-0.39, 0.29) is 6.61 Å².